The Labute approximate surface area is 111 Å². The zero-order valence-corrected chi connectivity index (χ0v) is 10.8. The van der Waals surface area contributed by atoms with Gasteiger partial charge >= 0.3 is 0 Å². The summed E-state index contributed by atoms with van der Waals surface area (Å²) in [6, 6.07) is 6.65. The lowest BCUT2D eigenvalue weighted by atomic mass is 10.1. The van der Waals surface area contributed by atoms with Crippen LogP contribution >= 0.6 is 15.9 Å². The molecule has 0 bridgehead atoms. The second kappa shape index (κ2) is 5.52. The van der Waals surface area contributed by atoms with Gasteiger partial charge in [0.2, 0.25) is 0 Å². The quantitative estimate of drug-likeness (QED) is 0.774. The average molecular weight is 316 g/mol. The Kier molecular flexibility index (Phi) is 4.01. The maximum absolute atomic E-state index is 13.5. The van der Waals surface area contributed by atoms with Crippen LogP contribution in [0.1, 0.15) is 16.1 Å². The van der Waals surface area contributed by atoms with Crippen molar-refractivity contribution < 1.29 is 13.2 Å². The molecule has 0 radical (unpaired) electrons. The zero-order chi connectivity index (χ0) is 13.1. The van der Waals surface area contributed by atoms with Gasteiger partial charge in [-0.2, -0.15) is 0 Å². The summed E-state index contributed by atoms with van der Waals surface area (Å²) in [4.78, 5) is 3.48. The number of rotatable bonds is 3. The van der Waals surface area contributed by atoms with Crippen molar-refractivity contribution in [2.45, 2.75) is 11.2 Å². The van der Waals surface area contributed by atoms with Gasteiger partial charge in [-0.1, -0.05) is 22.0 Å². The molecule has 5 heteroatoms. The summed E-state index contributed by atoms with van der Waals surface area (Å²) in [6.07, 6.45) is 1.92. The van der Waals surface area contributed by atoms with Crippen LogP contribution in [-0.2, 0) is 6.42 Å². The van der Waals surface area contributed by atoms with Gasteiger partial charge in [-0.15, -0.1) is 0 Å². The highest BCUT2D eigenvalue weighted by Crippen LogP contribution is 2.31. The van der Waals surface area contributed by atoms with Gasteiger partial charge in [0, 0.05) is 36.0 Å². The molecule has 1 nitrogen and oxygen atoms in total. The lowest BCUT2D eigenvalue weighted by molar-refractivity contribution is 0.522. The molecule has 0 aliphatic rings. The fourth-order valence-electron chi connectivity index (χ4n) is 1.66. The Bertz CT molecular complexity index is 522. The van der Waals surface area contributed by atoms with Crippen LogP contribution in [0.5, 0.6) is 0 Å². The van der Waals surface area contributed by atoms with Crippen LogP contribution in [0.2, 0.25) is 0 Å². The minimum atomic E-state index is -0.925. The molecule has 1 unspecified atom stereocenters. The van der Waals surface area contributed by atoms with E-state index in [4.69, 9.17) is 0 Å². The van der Waals surface area contributed by atoms with E-state index in [1.165, 1.54) is 0 Å². The Morgan fingerprint density at radius 3 is 2.33 bits per heavy atom. The van der Waals surface area contributed by atoms with Crippen LogP contribution in [-0.4, -0.2) is 4.98 Å². The van der Waals surface area contributed by atoms with Gasteiger partial charge in [-0.25, -0.2) is 13.2 Å². The molecule has 1 heterocycles. The zero-order valence-electron chi connectivity index (χ0n) is 9.21. The Balaban J connectivity index is 2.27. The predicted octanol–water partition coefficient (Wildman–Crippen LogP) is 4.18. The lowest BCUT2D eigenvalue weighted by Gasteiger charge is -2.12. The summed E-state index contributed by atoms with van der Waals surface area (Å²) >= 11 is 3.21. The Morgan fingerprint density at radius 1 is 1.11 bits per heavy atom. The molecule has 0 aliphatic heterocycles. The van der Waals surface area contributed by atoms with E-state index in [9.17, 15) is 13.2 Å². The Hall–Kier alpha value is -1.36. The third-order valence-electron chi connectivity index (χ3n) is 2.47. The van der Waals surface area contributed by atoms with E-state index in [0.717, 1.165) is 0 Å². The number of benzene rings is 1. The van der Waals surface area contributed by atoms with Crippen LogP contribution in [0.3, 0.4) is 0 Å². The molecule has 0 aliphatic carbocycles. The van der Waals surface area contributed by atoms with Gasteiger partial charge in [-0.3, -0.25) is 4.98 Å². The van der Waals surface area contributed by atoms with Gasteiger partial charge in [0.15, 0.2) is 0 Å². The summed E-state index contributed by atoms with van der Waals surface area (Å²) in [7, 11) is 0. The highest BCUT2D eigenvalue weighted by atomic mass is 79.9. The van der Waals surface area contributed by atoms with Crippen LogP contribution in [0.4, 0.5) is 13.2 Å². The molecule has 0 saturated heterocycles. The molecule has 0 saturated carbocycles. The van der Waals surface area contributed by atoms with E-state index < -0.39 is 22.3 Å². The summed E-state index contributed by atoms with van der Waals surface area (Å²) in [5.41, 5.74) is 0.518. The molecule has 2 aromatic rings. The topological polar surface area (TPSA) is 12.9 Å². The first kappa shape index (κ1) is 13.1. The summed E-state index contributed by atoms with van der Waals surface area (Å²) in [5.74, 6) is -2.72. The molecule has 1 aromatic carbocycles. The molecular weight excluding hydrogens is 307 g/mol. The fraction of sp³-hybridized carbons (Fsp3) is 0.154. The van der Waals surface area contributed by atoms with Gasteiger partial charge in [-0.05, 0) is 12.1 Å². The minimum Gasteiger partial charge on any atom is -0.261 e. The van der Waals surface area contributed by atoms with Gasteiger partial charge in [0.1, 0.15) is 17.5 Å². The third-order valence-corrected chi connectivity index (χ3v) is 3.25. The molecule has 0 spiro atoms. The monoisotopic (exact) mass is 315 g/mol. The van der Waals surface area contributed by atoms with Crippen LogP contribution in [0, 0.1) is 17.5 Å². The smallest absolute Gasteiger partial charge is 0.133 e. The van der Waals surface area contributed by atoms with E-state index in [1.807, 2.05) is 0 Å². The van der Waals surface area contributed by atoms with Crippen molar-refractivity contribution in [2.75, 3.05) is 0 Å². The second-order valence-corrected chi connectivity index (χ2v) is 4.88. The van der Waals surface area contributed by atoms with Crippen molar-refractivity contribution in [3.63, 3.8) is 0 Å². The van der Waals surface area contributed by atoms with E-state index in [-0.39, 0.29) is 5.56 Å². The number of nitrogens with zero attached hydrogens (tertiary/aromatic N) is 1. The molecule has 18 heavy (non-hydrogen) atoms. The minimum absolute atomic E-state index is 0.179. The van der Waals surface area contributed by atoms with Gasteiger partial charge in [0.25, 0.3) is 0 Å². The first-order chi connectivity index (χ1) is 8.58. The summed E-state index contributed by atoms with van der Waals surface area (Å²) in [6.45, 7) is 0. The fourth-order valence-corrected chi connectivity index (χ4v) is 2.43. The maximum atomic E-state index is 13.5. The van der Waals surface area contributed by atoms with Crippen molar-refractivity contribution in [3.8, 4) is 0 Å². The number of alkyl halides is 1. The average Bonchev–Trinajstić information content (AvgIpc) is 2.28. The van der Waals surface area contributed by atoms with Crippen LogP contribution in [0.15, 0.2) is 36.5 Å². The van der Waals surface area contributed by atoms with E-state index in [1.54, 1.807) is 24.4 Å². The van der Waals surface area contributed by atoms with E-state index in [0.29, 0.717) is 24.2 Å². The van der Waals surface area contributed by atoms with Gasteiger partial charge < -0.3 is 0 Å². The van der Waals surface area contributed by atoms with E-state index >= 15 is 0 Å². The third kappa shape index (κ3) is 2.90. The molecular formula is C13H9BrF3N. The first-order valence-corrected chi connectivity index (χ1v) is 6.18. The molecule has 94 valence electrons. The largest absolute Gasteiger partial charge is 0.261 e. The molecule has 1 atom stereocenters. The number of pyridine rings is 1. The molecule has 1 aromatic heterocycles. The molecule has 0 N–H and O–H groups in total. The van der Waals surface area contributed by atoms with Crippen molar-refractivity contribution in [1.82, 2.24) is 4.98 Å². The van der Waals surface area contributed by atoms with Crippen LogP contribution in [0.25, 0.3) is 0 Å². The maximum Gasteiger partial charge on any atom is 0.133 e. The lowest BCUT2D eigenvalue weighted by Crippen LogP contribution is -2.04. The normalized spacial score (nSPS) is 12.4. The summed E-state index contributed by atoms with van der Waals surface area (Å²) in [5, 5.41) is 0. The highest BCUT2D eigenvalue weighted by molar-refractivity contribution is 9.09. The van der Waals surface area contributed by atoms with Crippen molar-refractivity contribution in [3.05, 3.63) is 65.2 Å². The molecule has 0 amide bonds. The van der Waals surface area contributed by atoms with Crippen molar-refractivity contribution >= 4 is 15.9 Å². The van der Waals surface area contributed by atoms with Crippen molar-refractivity contribution in [1.29, 1.82) is 0 Å². The van der Waals surface area contributed by atoms with Crippen LogP contribution < -0.4 is 0 Å². The first-order valence-electron chi connectivity index (χ1n) is 5.26. The van der Waals surface area contributed by atoms with E-state index in [2.05, 4.69) is 20.9 Å². The SMILES string of the molecule is Fc1cc(F)c(C(Br)Cc2ccccn2)c(F)c1. The number of aromatic nitrogens is 1. The number of hydrogen-bond donors (Lipinski definition) is 0. The van der Waals surface area contributed by atoms with Crippen molar-refractivity contribution in [2.24, 2.45) is 0 Å². The molecule has 2 rings (SSSR count). The standard InChI is InChI=1S/C13H9BrF3N/c14-10(7-9-3-1-2-4-18-9)13-11(16)5-8(15)6-12(13)17/h1-6,10H,7H2. The predicted molar refractivity (Wildman–Crippen MR) is 65.9 cm³/mol. The number of halogens is 4. The summed E-state index contributed by atoms with van der Waals surface area (Å²) < 4.78 is 39.9. The molecule has 0 fully saturated rings. The highest BCUT2D eigenvalue weighted by Gasteiger charge is 2.19. The second-order valence-electron chi connectivity index (χ2n) is 3.78. The number of hydrogen-bond acceptors (Lipinski definition) is 1. The van der Waals surface area contributed by atoms with Gasteiger partial charge in [0.05, 0.1) is 4.83 Å². The Morgan fingerprint density at radius 2 is 1.78 bits per heavy atom.